The van der Waals surface area contributed by atoms with Gasteiger partial charge in [-0.3, -0.25) is 4.79 Å². The lowest BCUT2D eigenvalue weighted by molar-refractivity contribution is 0.0956. The largest absolute Gasteiger partial charge is 0.457 e. The van der Waals surface area contributed by atoms with Crippen LogP contribution in [0.2, 0.25) is 0 Å². The van der Waals surface area contributed by atoms with Gasteiger partial charge >= 0.3 is 0 Å². The van der Waals surface area contributed by atoms with Crippen LogP contribution >= 0.6 is 0 Å². The van der Waals surface area contributed by atoms with Crippen LogP contribution in [-0.4, -0.2) is 12.5 Å². The Morgan fingerprint density at radius 3 is 2.38 bits per heavy atom. The summed E-state index contributed by atoms with van der Waals surface area (Å²) in [5.74, 6) is 6.27. The molecule has 1 N–H and O–H groups in total. The molecule has 3 aromatic rings. The fraction of sp³-hybridized carbons (Fsp3) is 0.0455. The summed E-state index contributed by atoms with van der Waals surface area (Å²) in [7, 11) is 0. The molecule has 0 aliphatic carbocycles. The van der Waals surface area contributed by atoms with E-state index in [4.69, 9.17) is 4.74 Å². The van der Waals surface area contributed by atoms with E-state index in [2.05, 4.69) is 17.2 Å². The van der Waals surface area contributed by atoms with Crippen molar-refractivity contribution in [2.24, 2.45) is 0 Å². The van der Waals surface area contributed by atoms with Gasteiger partial charge in [-0.15, -0.1) is 0 Å². The first kappa shape index (κ1) is 17.2. The van der Waals surface area contributed by atoms with Gasteiger partial charge in [0.2, 0.25) is 0 Å². The molecule has 0 radical (unpaired) electrons. The lowest BCUT2D eigenvalue weighted by atomic mass is 10.2. The number of hydrogen-bond acceptors (Lipinski definition) is 2. The lowest BCUT2D eigenvalue weighted by Gasteiger charge is -2.10. The van der Waals surface area contributed by atoms with Crippen LogP contribution in [0, 0.1) is 17.7 Å². The SMILES string of the molecule is O=C(NCC#Cc1ccc(F)cc1)c1ccccc1Oc1ccccc1. The molecular weight excluding hydrogens is 329 g/mol. The summed E-state index contributed by atoms with van der Waals surface area (Å²) in [4.78, 5) is 12.4. The second kappa shape index (κ2) is 8.50. The second-order valence-electron chi connectivity index (χ2n) is 5.40. The highest BCUT2D eigenvalue weighted by Crippen LogP contribution is 2.24. The predicted molar refractivity (Wildman–Crippen MR) is 98.6 cm³/mol. The Morgan fingerprint density at radius 1 is 0.923 bits per heavy atom. The average molecular weight is 345 g/mol. The second-order valence-corrected chi connectivity index (χ2v) is 5.40. The first-order valence-electron chi connectivity index (χ1n) is 8.07. The van der Waals surface area contributed by atoms with Crippen molar-refractivity contribution in [3.05, 3.63) is 95.8 Å². The zero-order valence-electron chi connectivity index (χ0n) is 13.9. The molecule has 4 heteroatoms. The number of ether oxygens (including phenoxy) is 1. The van der Waals surface area contributed by atoms with Gasteiger partial charge in [0.25, 0.3) is 5.91 Å². The van der Waals surface area contributed by atoms with Crippen molar-refractivity contribution in [3.8, 4) is 23.3 Å². The Morgan fingerprint density at radius 2 is 1.62 bits per heavy atom. The Balaban J connectivity index is 1.64. The maximum atomic E-state index is 12.8. The highest BCUT2D eigenvalue weighted by atomic mass is 19.1. The fourth-order valence-electron chi connectivity index (χ4n) is 2.26. The van der Waals surface area contributed by atoms with Gasteiger partial charge < -0.3 is 10.1 Å². The van der Waals surface area contributed by atoms with Gasteiger partial charge in [0.1, 0.15) is 17.3 Å². The molecule has 0 aromatic heterocycles. The molecule has 128 valence electrons. The van der Waals surface area contributed by atoms with Crippen LogP contribution in [0.15, 0.2) is 78.9 Å². The van der Waals surface area contributed by atoms with Crippen LogP contribution < -0.4 is 10.1 Å². The van der Waals surface area contributed by atoms with E-state index in [1.165, 1.54) is 12.1 Å². The molecule has 0 unspecified atom stereocenters. The molecule has 0 aliphatic rings. The maximum absolute atomic E-state index is 12.8. The van der Waals surface area contributed by atoms with E-state index in [0.29, 0.717) is 22.6 Å². The van der Waals surface area contributed by atoms with E-state index in [0.717, 1.165) is 0 Å². The Hall–Kier alpha value is -3.58. The molecule has 0 aliphatic heterocycles. The minimum Gasteiger partial charge on any atom is -0.457 e. The van der Waals surface area contributed by atoms with Crippen molar-refractivity contribution in [1.82, 2.24) is 5.32 Å². The minimum atomic E-state index is -0.307. The standard InChI is InChI=1S/C22H16FNO2/c23-18-14-12-17(13-15-18)7-6-16-24-22(25)20-10-4-5-11-21(20)26-19-8-2-1-3-9-19/h1-5,8-15H,16H2,(H,24,25). The third-order valence-corrected chi connectivity index (χ3v) is 3.52. The first-order valence-corrected chi connectivity index (χ1v) is 8.07. The molecule has 1 amide bonds. The normalized spacial score (nSPS) is 9.73. The highest BCUT2D eigenvalue weighted by Gasteiger charge is 2.11. The van der Waals surface area contributed by atoms with Crippen molar-refractivity contribution in [2.45, 2.75) is 0 Å². The average Bonchev–Trinajstić information content (AvgIpc) is 2.68. The van der Waals surface area contributed by atoms with Gasteiger partial charge in [-0.25, -0.2) is 4.39 Å². The van der Waals surface area contributed by atoms with Gasteiger partial charge in [0, 0.05) is 5.56 Å². The van der Waals surface area contributed by atoms with Crippen LogP contribution in [0.3, 0.4) is 0 Å². The summed E-state index contributed by atoms with van der Waals surface area (Å²) in [6.45, 7) is 0.176. The summed E-state index contributed by atoms with van der Waals surface area (Å²) < 4.78 is 18.6. The van der Waals surface area contributed by atoms with E-state index < -0.39 is 0 Å². The monoisotopic (exact) mass is 345 g/mol. The quantitative estimate of drug-likeness (QED) is 0.712. The van der Waals surface area contributed by atoms with Crippen LogP contribution in [0.4, 0.5) is 4.39 Å². The van der Waals surface area contributed by atoms with Crippen molar-refractivity contribution in [2.75, 3.05) is 6.54 Å². The van der Waals surface area contributed by atoms with Crippen molar-refractivity contribution < 1.29 is 13.9 Å². The van der Waals surface area contributed by atoms with Crippen molar-refractivity contribution in [1.29, 1.82) is 0 Å². The number of nitrogens with one attached hydrogen (secondary N) is 1. The number of rotatable bonds is 4. The van der Waals surface area contributed by atoms with Crippen LogP contribution in [0.5, 0.6) is 11.5 Å². The van der Waals surface area contributed by atoms with Gasteiger partial charge in [-0.1, -0.05) is 42.2 Å². The maximum Gasteiger partial charge on any atom is 0.255 e. The molecule has 3 nitrogen and oxygen atoms in total. The Labute approximate surface area is 151 Å². The zero-order valence-corrected chi connectivity index (χ0v) is 13.9. The van der Waals surface area contributed by atoms with Gasteiger partial charge in [-0.2, -0.15) is 0 Å². The first-order chi connectivity index (χ1) is 12.7. The van der Waals surface area contributed by atoms with E-state index in [-0.39, 0.29) is 18.3 Å². The summed E-state index contributed by atoms with van der Waals surface area (Å²) in [5, 5.41) is 2.74. The van der Waals surface area contributed by atoms with Gasteiger partial charge in [0.15, 0.2) is 0 Å². The van der Waals surface area contributed by atoms with Crippen LogP contribution in [-0.2, 0) is 0 Å². The molecule has 3 rings (SSSR count). The highest BCUT2D eigenvalue weighted by molar-refractivity contribution is 5.97. The van der Waals surface area contributed by atoms with E-state index in [1.807, 2.05) is 36.4 Å². The number of carbonyl (C=O) groups is 1. The summed E-state index contributed by atoms with van der Waals surface area (Å²) in [6, 6.07) is 22.2. The molecule has 0 bridgehead atoms. The number of carbonyl (C=O) groups excluding carboxylic acids is 1. The molecule has 0 heterocycles. The van der Waals surface area contributed by atoms with Gasteiger partial charge in [-0.05, 0) is 48.5 Å². The molecule has 0 atom stereocenters. The van der Waals surface area contributed by atoms with Crippen LogP contribution in [0.1, 0.15) is 15.9 Å². The number of amides is 1. The summed E-state index contributed by atoms with van der Waals surface area (Å²) in [5.41, 5.74) is 1.12. The predicted octanol–water partition coefficient (Wildman–Crippen LogP) is 4.40. The van der Waals surface area contributed by atoms with Crippen LogP contribution in [0.25, 0.3) is 0 Å². The molecule has 26 heavy (non-hydrogen) atoms. The topological polar surface area (TPSA) is 38.3 Å². The molecule has 3 aromatic carbocycles. The zero-order chi connectivity index (χ0) is 18.2. The minimum absolute atomic E-state index is 0.176. The number of hydrogen-bond donors (Lipinski definition) is 1. The lowest BCUT2D eigenvalue weighted by Crippen LogP contribution is -2.24. The third kappa shape index (κ3) is 4.71. The smallest absolute Gasteiger partial charge is 0.255 e. The Bertz CT molecular complexity index is 941. The number of para-hydroxylation sites is 2. The molecular formula is C22H16FNO2. The molecule has 0 saturated heterocycles. The van der Waals surface area contributed by atoms with E-state index in [9.17, 15) is 9.18 Å². The fourth-order valence-corrected chi connectivity index (χ4v) is 2.26. The molecule has 0 saturated carbocycles. The van der Waals surface area contributed by atoms with E-state index in [1.54, 1.807) is 30.3 Å². The Kier molecular flexibility index (Phi) is 5.64. The third-order valence-electron chi connectivity index (χ3n) is 3.52. The number of halogens is 1. The number of benzene rings is 3. The van der Waals surface area contributed by atoms with E-state index >= 15 is 0 Å². The summed E-state index contributed by atoms with van der Waals surface area (Å²) >= 11 is 0. The van der Waals surface area contributed by atoms with Gasteiger partial charge in [0.05, 0.1) is 12.1 Å². The summed E-state index contributed by atoms with van der Waals surface area (Å²) in [6.07, 6.45) is 0. The molecule has 0 fully saturated rings. The molecule has 0 spiro atoms. The van der Waals surface area contributed by atoms with Crippen molar-refractivity contribution in [3.63, 3.8) is 0 Å². The van der Waals surface area contributed by atoms with Crippen molar-refractivity contribution >= 4 is 5.91 Å².